The first-order chi connectivity index (χ1) is 14.5. The quantitative estimate of drug-likeness (QED) is 0.777. The first kappa shape index (κ1) is 21.0. The molecule has 8 nitrogen and oxygen atoms in total. The number of sulfonamides is 1. The molecule has 30 heavy (non-hydrogen) atoms. The van der Waals surface area contributed by atoms with E-state index in [1.807, 2.05) is 6.07 Å². The Kier molecular flexibility index (Phi) is 6.19. The van der Waals surface area contributed by atoms with Crippen LogP contribution in [0.5, 0.6) is 5.88 Å². The number of ether oxygens (including phenoxy) is 1. The summed E-state index contributed by atoms with van der Waals surface area (Å²) in [6, 6.07) is 1.84. The van der Waals surface area contributed by atoms with Gasteiger partial charge in [-0.25, -0.2) is 23.4 Å². The molecule has 2 aromatic heterocycles. The number of nitrogens with one attached hydrogen (secondary N) is 1. The van der Waals surface area contributed by atoms with Gasteiger partial charge in [-0.2, -0.15) is 0 Å². The van der Waals surface area contributed by atoms with Crippen LogP contribution in [0.2, 0.25) is 0 Å². The third-order valence-electron chi connectivity index (χ3n) is 6.02. The topological polar surface area (TPSA) is 97.3 Å². The lowest BCUT2D eigenvalue weighted by Crippen LogP contribution is -2.20. The number of likely N-dealkylation sites (N-methyl/N-ethyl adjacent to an activating group) is 1. The van der Waals surface area contributed by atoms with Crippen LogP contribution in [0.4, 0.5) is 5.69 Å². The molecule has 0 aromatic carbocycles. The molecule has 2 aromatic rings. The summed E-state index contributed by atoms with van der Waals surface area (Å²) in [7, 11) is -0.275. The molecule has 0 unspecified atom stereocenters. The molecule has 1 saturated carbocycles. The Hall–Kier alpha value is -2.26. The summed E-state index contributed by atoms with van der Waals surface area (Å²) in [6.07, 6.45) is 10.2. The van der Waals surface area contributed by atoms with Crippen LogP contribution in [-0.4, -0.2) is 55.5 Å². The minimum atomic E-state index is -3.85. The maximum atomic E-state index is 13.0. The van der Waals surface area contributed by atoms with Gasteiger partial charge in [0.25, 0.3) is 10.0 Å². The third-order valence-corrected chi connectivity index (χ3v) is 7.34. The molecule has 0 amide bonds. The Morgan fingerprint density at radius 1 is 1.10 bits per heavy atom. The van der Waals surface area contributed by atoms with E-state index in [9.17, 15) is 8.42 Å². The number of nitrogens with zero attached hydrogens (tertiary/aromatic N) is 4. The highest BCUT2D eigenvalue weighted by Crippen LogP contribution is 2.31. The van der Waals surface area contributed by atoms with Crippen LogP contribution in [0, 0.1) is 0 Å². The van der Waals surface area contributed by atoms with Crippen molar-refractivity contribution >= 4 is 15.7 Å². The lowest BCUT2D eigenvalue weighted by Gasteiger charge is -2.20. The van der Waals surface area contributed by atoms with Crippen molar-refractivity contribution in [1.82, 2.24) is 19.9 Å². The molecule has 0 atom stereocenters. The van der Waals surface area contributed by atoms with Crippen molar-refractivity contribution in [1.29, 1.82) is 0 Å². The molecule has 0 radical (unpaired) electrons. The molecule has 0 spiro atoms. The van der Waals surface area contributed by atoms with Crippen molar-refractivity contribution in [3.8, 4) is 5.88 Å². The smallest absolute Gasteiger partial charge is 0.265 e. The average Bonchev–Trinajstić information content (AvgIpc) is 2.95. The van der Waals surface area contributed by atoms with Crippen molar-refractivity contribution in [2.24, 2.45) is 0 Å². The van der Waals surface area contributed by atoms with E-state index in [2.05, 4.69) is 31.6 Å². The van der Waals surface area contributed by atoms with Crippen LogP contribution < -0.4 is 9.46 Å². The number of pyridine rings is 1. The van der Waals surface area contributed by atoms with E-state index < -0.39 is 10.0 Å². The minimum absolute atomic E-state index is 0.0405. The summed E-state index contributed by atoms with van der Waals surface area (Å²) in [4.78, 5) is 15.6. The van der Waals surface area contributed by atoms with E-state index in [0.717, 1.165) is 55.9 Å². The number of methoxy groups -OCH3 is 1. The highest BCUT2D eigenvalue weighted by molar-refractivity contribution is 7.92. The van der Waals surface area contributed by atoms with E-state index >= 15 is 0 Å². The molecule has 162 valence electrons. The van der Waals surface area contributed by atoms with Gasteiger partial charge in [0.05, 0.1) is 19.5 Å². The summed E-state index contributed by atoms with van der Waals surface area (Å²) in [5.41, 5.74) is 2.35. The maximum absolute atomic E-state index is 13.0. The largest absolute Gasteiger partial charge is 0.479 e. The molecule has 0 bridgehead atoms. The second kappa shape index (κ2) is 8.85. The van der Waals surface area contributed by atoms with E-state index in [4.69, 9.17) is 4.74 Å². The van der Waals surface area contributed by atoms with Crippen LogP contribution in [0.15, 0.2) is 23.4 Å². The van der Waals surface area contributed by atoms with Gasteiger partial charge in [0.2, 0.25) is 5.88 Å². The van der Waals surface area contributed by atoms with Crippen molar-refractivity contribution in [3.05, 3.63) is 35.5 Å². The molecule has 1 fully saturated rings. The minimum Gasteiger partial charge on any atom is -0.479 e. The number of fused-ring (bicyclic) bond motifs is 1. The predicted octanol–water partition coefficient (Wildman–Crippen LogP) is 2.76. The Bertz CT molecular complexity index is 988. The molecule has 1 aliphatic heterocycles. The number of rotatable bonds is 5. The zero-order chi connectivity index (χ0) is 21.1. The van der Waals surface area contributed by atoms with Gasteiger partial charge in [-0.15, -0.1) is 0 Å². The molecular formula is C21H29N5O3S. The molecule has 9 heteroatoms. The predicted molar refractivity (Wildman–Crippen MR) is 114 cm³/mol. The number of hydrogen-bond acceptors (Lipinski definition) is 7. The normalized spacial score (nSPS) is 18.5. The van der Waals surface area contributed by atoms with Crippen molar-refractivity contribution in [2.45, 2.75) is 55.8 Å². The van der Waals surface area contributed by atoms with Crippen LogP contribution in [0.3, 0.4) is 0 Å². The summed E-state index contributed by atoms with van der Waals surface area (Å²) >= 11 is 0. The van der Waals surface area contributed by atoms with Crippen LogP contribution >= 0.6 is 0 Å². The van der Waals surface area contributed by atoms with E-state index in [0.29, 0.717) is 11.6 Å². The molecule has 1 N–H and O–H groups in total. The zero-order valence-corrected chi connectivity index (χ0v) is 18.4. The van der Waals surface area contributed by atoms with Gasteiger partial charge < -0.3 is 9.64 Å². The first-order valence-corrected chi connectivity index (χ1v) is 12.0. The molecule has 4 rings (SSSR count). The van der Waals surface area contributed by atoms with Gasteiger partial charge in [-0.05, 0) is 37.9 Å². The lowest BCUT2D eigenvalue weighted by atomic mass is 9.89. The number of aromatic nitrogens is 3. The molecular weight excluding hydrogens is 402 g/mol. The summed E-state index contributed by atoms with van der Waals surface area (Å²) in [6.45, 7) is 1.82. The summed E-state index contributed by atoms with van der Waals surface area (Å²) in [5, 5.41) is 0. The standard InChI is InChI=1S/C21H29N5O3S/c1-26-10-8-16-12-19(21(29-2)24-18(16)9-11-26)25-30(27,28)17-13-22-20(23-14-17)15-6-4-3-5-7-15/h12-15,25H,3-11H2,1-2H3. The van der Waals surface area contributed by atoms with E-state index in [-0.39, 0.29) is 10.8 Å². The molecule has 1 aliphatic carbocycles. The van der Waals surface area contributed by atoms with E-state index in [1.165, 1.54) is 38.8 Å². The molecule has 3 heterocycles. The zero-order valence-electron chi connectivity index (χ0n) is 17.6. The van der Waals surface area contributed by atoms with Crippen LogP contribution in [-0.2, 0) is 22.9 Å². The Balaban J connectivity index is 1.57. The fourth-order valence-electron chi connectivity index (χ4n) is 4.20. The fraction of sp³-hybridized carbons (Fsp3) is 0.571. The number of hydrogen-bond donors (Lipinski definition) is 1. The van der Waals surface area contributed by atoms with Crippen LogP contribution in [0.1, 0.15) is 55.1 Å². The SMILES string of the molecule is COc1nc2c(cc1NS(=O)(=O)c1cnc(C3CCCCC3)nc1)CCN(C)CC2. The summed E-state index contributed by atoms with van der Waals surface area (Å²) < 4.78 is 33.9. The monoisotopic (exact) mass is 431 g/mol. The van der Waals surface area contributed by atoms with Gasteiger partial charge >= 0.3 is 0 Å². The van der Waals surface area contributed by atoms with Gasteiger partial charge in [0, 0.05) is 31.1 Å². The maximum Gasteiger partial charge on any atom is 0.265 e. The van der Waals surface area contributed by atoms with E-state index in [1.54, 1.807) is 0 Å². The Morgan fingerprint density at radius 2 is 1.80 bits per heavy atom. The second-order valence-corrected chi connectivity index (χ2v) is 9.85. The Morgan fingerprint density at radius 3 is 2.50 bits per heavy atom. The highest BCUT2D eigenvalue weighted by atomic mass is 32.2. The Labute approximate surface area is 178 Å². The average molecular weight is 432 g/mol. The summed E-state index contributed by atoms with van der Waals surface area (Å²) in [5.74, 6) is 1.35. The van der Waals surface area contributed by atoms with Gasteiger partial charge in [-0.3, -0.25) is 4.72 Å². The third kappa shape index (κ3) is 4.57. The second-order valence-electron chi connectivity index (χ2n) is 8.17. The first-order valence-electron chi connectivity index (χ1n) is 10.6. The lowest BCUT2D eigenvalue weighted by molar-refractivity contribution is 0.351. The van der Waals surface area contributed by atoms with Gasteiger partial charge in [0.15, 0.2) is 0 Å². The van der Waals surface area contributed by atoms with Gasteiger partial charge in [-0.1, -0.05) is 19.3 Å². The van der Waals surface area contributed by atoms with Crippen molar-refractivity contribution in [2.75, 3.05) is 32.0 Å². The highest BCUT2D eigenvalue weighted by Gasteiger charge is 2.23. The molecule has 0 saturated heterocycles. The fourth-order valence-corrected chi connectivity index (χ4v) is 5.13. The van der Waals surface area contributed by atoms with Gasteiger partial charge in [0.1, 0.15) is 16.4 Å². The molecule has 2 aliphatic rings. The van der Waals surface area contributed by atoms with Crippen molar-refractivity contribution in [3.63, 3.8) is 0 Å². The van der Waals surface area contributed by atoms with Crippen molar-refractivity contribution < 1.29 is 13.2 Å². The van der Waals surface area contributed by atoms with Crippen LogP contribution in [0.25, 0.3) is 0 Å². The number of anilines is 1.